The molecule has 0 bridgehead atoms. The number of benzene rings is 2. The van der Waals surface area contributed by atoms with E-state index in [0.29, 0.717) is 49.6 Å². The highest BCUT2D eigenvalue weighted by atomic mass is 35.5. The van der Waals surface area contributed by atoms with Gasteiger partial charge in [-0.2, -0.15) is 0 Å². The summed E-state index contributed by atoms with van der Waals surface area (Å²) in [4.78, 5) is 42.7. The molecule has 2 aliphatic heterocycles. The molecule has 3 heterocycles. The maximum Gasteiger partial charge on any atom is 0.256 e. The summed E-state index contributed by atoms with van der Waals surface area (Å²) in [6.45, 7) is 9.51. The van der Waals surface area contributed by atoms with Crippen molar-refractivity contribution in [3.63, 3.8) is 0 Å². The zero-order valence-electron chi connectivity index (χ0n) is 22.0. The largest absolute Gasteiger partial charge is 0.496 e. The Morgan fingerprint density at radius 1 is 1.18 bits per heavy atom. The number of rotatable bonds is 7. The molecule has 1 aromatic heterocycles. The van der Waals surface area contributed by atoms with Crippen molar-refractivity contribution in [2.75, 3.05) is 26.7 Å². The standard InChI is InChI=1S/C30H32ClN3O4/c1-5-28(36)33-15-20(16-33)13-26(35)18(2)34-19(3)29(24-14-22(31)9-10-25(24)34)30(37)32-12-11-23-21(17-32)7-6-8-27(23)38-4/h5-10,14,18,20H,1,11-13,15-17H2,2-4H3. The van der Waals surface area contributed by atoms with Gasteiger partial charge in [0.1, 0.15) is 5.75 Å². The molecule has 38 heavy (non-hydrogen) atoms. The molecule has 0 aliphatic carbocycles. The number of likely N-dealkylation sites (tertiary alicyclic amines) is 1. The molecule has 8 heteroatoms. The Bertz CT molecular complexity index is 1450. The summed E-state index contributed by atoms with van der Waals surface area (Å²) in [6.07, 6.45) is 2.39. The number of ether oxygens (including phenoxy) is 1. The normalized spacial score (nSPS) is 16.1. The summed E-state index contributed by atoms with van der Waals surface area (Å²) in [5.74, 6) is 0.891. The van der Waals surface area contributed by atoms with Crippen molar-refractivity contribution in [3.8, 4) is 5.75 Å². The molecule has 0 spiro atoms. The van der Waals surface area contributed by atoms with Crippen molar-refractivity contribution in [1.29, 1.82) is 0 Å². The van der Waals surface area contributed by atoms with E-state index in [1.54, 1.807) is 18.1 Å². The maximum atomic E-state index is 14.0. The van der Waals surface area contributed by atoms with Crippen LogP contribution in [-0.4, -0.2) is 58.7 Å². The van der Waals surface area contributed by atoms with E-state index in [1.807, 2.05) is 53.6 Å². The molecule has 2 amide bonds. The predicted octanol–water partition coefficient (Wildman–Crippen LogP) is 4.97. The van der Waals surface area contributed by atoms with Gasteiger partial charge in [-0.15, -0.1) is 0 Å². The number of hydrogen-bond acceptors (Lipinski definition) is 4. The molecule has 1 unspecified atom stereocenters. The average Bonchev–Trinajstić information content (AvgIpc) is 3.18. The summed E-state index contributed by atoms with van der Waals surface area (Å²) >= 11 is 6.38. The van der Waals surface area contributed by atoms with Gasteiger partial charge in [-0.05, 0) is 56.2 Å². The fraction of sp³-hybridized carbons (Fsp3) is 0.367. The summed E-state index contributed by atoms with van der Waals surface area (Å²) in [6, 6.07) is 11.0. The number of halogens is 1. The molecule has 0 N–H and O–H groups in total. The third-order valence-corrected chi connectivity index (χ3v) is 8.18. The summed E-state index contributed by atoms with van der Waals surface area (Å²) < 4.78 is 7.49. The minimum Gasteiger partial charge on any atom is -0.496 e. The van der Waals surface area contributed by atoms with Crippen molar-refractivity contribution in [3.05, 3.63) is 76.5 Å². The lowest BCUT2D eigenvalue weighted by atomic mass is 9.92. The second kappa shape index (κ2) is 10.3. The van der Waals surface area contributed by atoms with E-state index in [1.165, 1.54) is 6.08 Å². The van der Waals surface area contributed by atoms with Crippen molar-refractivity contribution >= 4 is 40.1 Å². The number of amides is 2. The Balaban J connectivity index is 1.43. The topological polar surface area (TPSA) is 71.9 Å². The molecule has 198 valence electrons. The van der Waals surface area contributed by atoms with Gasteiger partial charge in [-0.3, -0.25) is 14.4 Å². The third kappa shape index (κ3) is 4.49. The molecule has 0 saturated carbocycles. The van der Waals surface area contributed by atoms with Crippen molar-refractivity contribution in [2.24, 2.45) is 5.92 Å². The number of ketones is 1. The van der Waals surface area contributed by atoms with Crippen molar-refractivity contribution in [1.82, 2.24) is 14.4 Å². The Morgan fingerprint density at radius 2 is 1.95 bits per heavy atom. The zero-order valence-corrected chi connectivity index (χ0v) is 22.8. The van der Waals surface area contributed by atoms with Crippen LogP contribution in [0.1, 0.15) is 46.6 Å². The molecule has 1 atom stereocenters. The van der Waals surface area contributed by atoms with E-state index >= 15 is 0 Å². The van der Waals surface area contributed by atoms with E-state index in [-0.39, 0.29) is 23.5 Å². The van der Waals surface area contributed by atoms with Gasteiger partial charge in [0.05, 0.1) is 18.7 Å². The van der Waals surface area contributed by atoms with Crippen LogP contribution in [0.4, 0.5) is 0 Å². The van der Waals surface area contributed by atoms with Crippen LogP contribution in [0, 0.1) is 12.8 Å². The number of carbonyl (C=O) groups excluding carboxylic acids is 3. The summed E-state index contributed by atoms with van der Waals surface area (Å²) in [5, 5.41) is 1.29. The molecule has 0 radical (unpaired) electrons. The molecular weight excluding hydrogens is 502 g/mol. The maximum absolute atomic E-state index is 14.0. The van der Waals surface area contributed by atoms with Crippen LogP contribution < -0.4 is 4.74 Å². The Hall–Kier alpha value is -3.58. The summed E-state index contributed by atoms with van der Waals surface area (Å²) in [5.41, 5.74) is 4.37. The number of aromatic nitrogens is 1. The van der Waals surface area contributed by atoms with Crippen molar-refractivity contribution < 1.29 is 19.1 Å². The van der Waals surface area contributed by atoms with Crippen LogP contribution in [0.15, 0.2) is 49.1 Å². The minimum absolute atomic E-state index is 0.0702. The SMILES string of the molecule is C=CC(=O)N1CC(CC(=O)C(C)n2c(C)c(C(=O)N3CCc4c(cccc4OC)C3)c3cc(Cl)ccc32)C1. The van der Waals surface area contributed by atoms with Crippen LogP contribution in [0.5, 0.6) is 5.75 Å². The fourth-order valence-electron chi connectivity index (χ4n) is 5.89. The van der Waals surface area contributed by atoms with Gasteiger partial charge in [0, 0.05) is 65.7 Å². The Labute approximate surface area is 227 Å². The van der Waals surface area contributed by atoms with E-state index in [0.717, 1.165) is 33.5 Å². The Kier molecular flexibility index (Phi) is 7.05. The Morgan fingerprint density at radius 3 is 2.66 bits per heavy atom. The monoisotopic (exact) mass is 533 g/mol. The first-order chi connectivity index (χ1) is 18.2. The van der Waals surface area contributed by atoms with Gasteiger partial charge in [-0.1, -0.05) is 30.3 Å². The van der Waals surface area contributed by atoms with Crippen LogP contribution in [-0.2, 0) is 22.6 Å². The lowest BCUT2D eigenvalue weighted by molar-refractivity contribution is -0.135. The zero-order chi connectivity index (χ0) is 27.1. The number of methoxy groups -OCH3 is 1. The highest BCUT2D eigenvalue weighted by Gasteiger charge is 2.34. The van der Waals surface area contributed by atoms with Crippen LogP contribution >= 0.6 is 11.6 Å². The van der Waals surface area contributed by atoms with Gasteiger partial charge in [0.15, 0.2) is 5.78 Å². The molecule has 2 aliphatic rings. The van der Waals surface area contributed by atoms with E-state index in [9.17, 15) is 14.4 Å². The predicted molar refractivity (Wildman–Crippen MR) is 148 cm³/mol. The molecule has 2 aromatic carbocycles. The number of carbonyl (C=O) groups is 3. The quantitative estimate of drug-likeness (QED) is 0.402. The second-order valence-electron chi connectivity index (χ2n) is 10.2. The van der Waals surface area contributed by atoms with Gasteiger partial charge in [0.2, 0.25) is 5.91 Å². The lowest BCUT2D eigenvalue weighted by Gasteiger charge is -2.38. The molecule has 5 rings (SSSR count). The van der Waals surface area contributed by atoms with E-state index in [4.69, 9.17) is 16.3 Å². The van der Waals surface area contributed by atoms with Crippen LogP contribution in [0.25, 0.3) is 10.9 Å². The molecular formula is C30H32ClN3O4. The first kappa shape index (κ1) is 26.0. The molecule has 1 saturated heterocycles. The van der Waals surface area contributed by atoms with Gasteiger partial charge >= 0.3 is 0 Å². The first-order valence-corrected chi connectivity index (χ1v) is 13.3. The lowest BCUT2D eigenvalue weighted by Crippen LogP contribution is -2.50. The number of Topliss-reactive ketones (excluding diaryl/α,β-unsaturated/α-hetero) is 1. The first-order valence-electron chi connectivity index (χ1n) is 12.9. The van der Waals surface area contributed by atoms with E-state index < -0.39 is 6.04 Å². The average molecular weight is 534 g/mol. The molecule has 3 aromatic rings. The van der Waals surface area contributed by atoms with Crippen LogP contribution in [0.3, 0.4) is 0 Å². The van der Waals surface area contributed by atoms with Gasteiger partial charge < -0.3 is 19.1 Å². The molecule has 7 nitrogen and oxygen atoms in total. The van der Waals surface area contributed by atoms with Gasteiger partial charge in [-0.25, -0.2) is 0 Å². The summed E-state index contributed by atoms with van der Waals surface area (Å²) in [7, 11) is 1.67. The third-order valence-electron chi connectivity index (χ3n) is 7.94. The van der Waals surface area contributed by atoms with Crippen LogP contribution in [0.2, 0.25) is 5.02 Å². The van der Waals surface area contributed by atoms with E-state index in [2.05, 4.69) is 6.58 Å². The number of nitrogens with zero attached hydrogens (tertiary/aromatic N) is 3. The second-order valence-corrected chi connectivity index (χ2v) is 10.7. The fourth-order valence-corrected chi connectivity index (χ4v) is 6.06. The highest BCUT2D eigenvalue weighted by molar-refractivity contribution is 6.31. The minimum atomic E-state index is -0.462. The number of fused-ring (bicyclic) bond motifs is 2. The smallest absolute Gasteiger partial charge is 0.256 e. The molecule has 1 fully saturated rings. The number of hydrogen-bond donors (Lipinski definition) is 0. The van der Waals surface area contributed by atoms with Gasteiger partial charge in [0.25, 0.3) is 5.91 Å². The highest BCUT2D eigenvalue weighted by Crippen LogP contribution is 2.35. The van der Waals surface area contributed by atoms with Crippen molar-refractivity contribution in [2.45, 2.75) is 39.3 Å².